The summed E-state index contributed by atoms with van der Waals surface area (Å²) in [6, 6.07) is 11.9. The summed E-state index contributed by atoms with van der Waals surface area (Å²) in [4.78, 5) is 23.2. The lowest BCUT2D eigenvalue weighted by Gasteiger charge is -2.15. The van der Waals surface area contributed by atoms with Gasteiger partial charge in [-0.15, -0.1) is 0 Å². The number of likely N-dealkylation sites (tertiary alicyclic amines) is 1. The maximum Gasteiger partial charge on any atom is 0.261 e. The minimum absolute atomic E-state index is 0.122. The van der Waals surface area contributed by atoms with Crippen molar-refractivity contribution in [3.8, 4) is 34.0 Å². The van der Waals surface area contributed by atoms with Gasteiger partial charge in [-0.2, -0.15) is 5.10 Å². The molecular weight excluding hydrogens is 505 g/mol. The van der Waals surface area contributed by atoms with E-state index in [0.29, 0.717) is 47.1 Å². The summed E-state index contributed by atoms with van der Waals surface area (Å²) < 4.78 is 41.1. The first-order valence-corrected chi connectivity index (χ1v) is 12.4. The Bertz CT molecular complexity index is 1840. The van der Waals surface area contributed by atoms with E-state index < -0.39 is 5.92 Å². The van der Waals surface area contributed by atoms with Crippen molar-refractivity contribution < 1.29 is 13.2 Å². The minimum atomic E-state index is -2.64. The molecule has 1 saturated heterocycles. The molecular formula is C28H21F3N8. The Morgan fingerprint density at radius 1 is 0.949 bits per heavy atom. The van der Waals surface area contributed by atoms with E-state index in [1.54, 1.807) is 41.8 Å². The largest absolute Gasteiger partial charge is 0.336 e. The number of rotatable bonds is 5. The van der Waals surface area contributed by atoms with E-state index in [1.807, 2.05) is 18.2 Å². The van der Waals surface area contributed by atoms with Gasteiger partial charge in [-0.3, -0.25) is 25.0 Å². The fourth-order valence-electron chi connectivity index (χ4n) is 5.06. The third-order valence-electron chi connectivity index (χ3n) is 6.92. The van der Waals surface area contributed by atoms with E-state index in [1.165, 1.54) is 12.1 Å². The molecule has 0 radical (unpaired) electrons. The molecule has 8 nitrogen and oxygen atoms in total. The summed E-state index contributed by atoms with van der Waals surface area (Å²) in [7, 11) is 0. The lowest BCUT2D eigenvalue weighted by atomic mass is 10.1. The Morgan fingerprint density at radius 2 is 1.87 bits per heavy atom. The third-order valence-corrected chi connectivity index (χ3v) is 6.92. The second-order valence-electron chi connectivity index (χ2n) is 9.74. The maximum atomic E-state index is 13.9. The van der Waals surface area contributed by atoms with Crippen LogP contribution in [-0.2, 0) is 6.54 Å². The van der Waals surface area contributed by atoms with Gasteiger partial charge in [-0.25, -0.2) is 18.2 Å². The van der Waals surface area contributed by atoms with E-state index in [0.717, 1.165) is 27.5 Å². The Labute approximate surface area is 220 Å². The lowest BCUT2D eigenvalue weighted by molar-refractivity contribution is 0.0115. The lowest BCUT2D eigenvalue weighted by Crippen LogP contribution is -2.24. The quantitative estimate of drug-likeness (QED) is 0.303. The van der Waals surface area contributed by atoms with Crippen molar-refractivity contribution in [2.24, 2.45) is 0 Å². The number of H-pyrrole nitrogens is 2. The fourth-order valence-corrected chi connectivity index (χ4v) is 5.06. The van der Waals surface area contributed by atoms with Gasteiger partial charge in [0.2, 0.25) is 0 Å². The van der Waals surface area contributed by atoms with Gasteiger partial charge in [0.1, 0.15) is 17.0 Å². The summed E-state index contributed by atoms with van der Waals surface area (Å²) in [5.41, 5.74) is 6.15. The van der Waals surface area contributed by atoms with E-state index in [2.05, 4.69) is 30.1 Å². The average molecular weight is 527 g/mol. The van der Waals surface area contributed by atoms with Gasteiger partial charge in [0.15, 0.2) is 5.82 Å². The molecule has 6 aromatic rings. The Balaban J connectivity index is 1.25. The molecule has 1 aliphatic rings. The number of halogens is 3. The number of pyridine rings is 3. The third kappa shape index (κ3) is 4.40. The summed E-state index contributed by atoms with van der Waals surface area (Å²) in [6.07, 6.45) is 6.62. The highest BCUT2D eigenvalue weighted by molar-refractivity contribution is 5.96. The van der Waals surface area contributed by atoms with Crippen molar-refractivity contribution in [1.82, 2.24) is 40.0 Å². The van der Waals surface area contributed by atoms with Gasteiger partial charge in [0.05, 0.1) is 35.2 Å². The number of hydrogen-bond acceptors (Lipinski definition) is 6. The van der Waals surface area contributed by atoms with Crippen molar-refractivity contribution in [1.29, 1.82) is 0 Å². The molecule has 7 rings (SSSR count). The summed E-state index contributed by atoms with van der Waals surface area (Å²) in [5.74, 6) is -2.46. The van der Waals surface area contributed by atoms with E-state index in [-0.39, 0.29) is 18.8 Å². The first kappa shape index (κ1) is 23.5. The number of hydrogen-bond donors (Lipinski definition) is 2. The molecule has 0 saturated carbocycles. The first-order valence-electron chi connectivity index (χ1n) is 12.4. The SMILES string of the molecule is Fc1cccc(-c2nccc3[nH]c(-c4n[nH]c5cnc(-c6cncc(CN7CCC(F)(F)C7)c6)cc45)nc23)c1. The van der Waals surface area contributed by atoms with Crippen molar-refractivity contribution in [3.63, 3.8) is 0 Å². The zero-order valence-electron chi connectivity index (χ0n) is 20.5. The Hall–Kier alpha value is -4.64. The van der Waals surface area contributed by atoms with Crippen LogP contribution < -0.4 is 0 Å². The summed E-state index contributed by atoms with van der Waals surface area (Å²) in [6.45, 7) is 0.512. The van der Waals surface area contributed by atoms with Crippen LogP contribution in [0.25, 0.3) is 56.0 Å². The smallest absolute Gasteiger partial charge is 0.261 e. The summed E-state index contributed by atoms with van der Waals surface area (Å²) >= 11 is 0. The first-order chi connectivity index (χ1) is 18.9. The zero-order chi connectivity index (χ0) is 26.6. The van der Waals surface area contributed by atoms with Crippen LogP contribution in [0, 0.1) is 5.82 Å². The van der Waals surface area contributed by atoms with Crippen LogP contribution in [0.3, 0.4) is 0 Å². The predicted molar refractivity (Wildman–Crippen MR) is 140 cm³/mol. The molecule has 6 heterocycles. The molecule has 2 N–H and O–H groups in total. The molecule has 0 aliphatic carbocycles. The highest BCUT2D eigenvalue weighted by atomic mass is 19.3. The van der Waals surface area contributed by atoms with Crippen LogP contribution in [0.2, 0.25) is 0 Å². The van der Waals surface area contributed by atoms with E-state index in [9.17, 15) is 13.2 Å². The molecule has 0 bridgehead atoms. The molecule has 0 spiro atoms. The van der Waals surface area contributed by atoms with Crippen LogP contribution >= 0.6 is 0 Å². The molecule has 0 unspecified atom stereocenters. The van der Waals surface area contributed by atoms with Gasteiger partial charge >= 0.3 is 0 Å². The normalized spacial score (nSPS) is 15.5. The monoisotopic (exact) mass is 526 g/mol. The van der Waals surface area contributed by atoms with Gasteiger partial charge in [0.25, 0.3) is 5.92 Å². The minimum Gasteiger partial charge on any atom is -0.336 e. The number of nitrogens with one attached hydrogen (secondary N) is 2. The molecule has 1 aromatic carbocycles. The summed E-state index contributed by atoms with van der Waals surface area (Å²) in [5, 5.41) is 8.27. The topological polar surface area (TPSA) is 99.3 Å². The molecule has 1 fully saturated rings. The number of alkyl halides is 2. The number of nitrogens with zero attached hydrogens (tertiary/aromatic N) is 6. The molecule has 1 aliphatic heterocycles. The highest BCUT2D eigenvalue weighted by Crippen LogP contribution is 2.32. The standard InChI is InChI=1S/C28H21F3N8/c29-19-3-1-2-17(9-19)24-26-21(4-6-33-24)35-27(36-26)25-20-10-22(34-13-23(20)37-38-25)18-8-16(11-32-12-18)14-39-7-5-28(30,31)15-39/h1-4,6,8-13H,5,7,14-15H2,(H,35,36)(H,37,38). The number of imidazole rings is 1. The number of fused-ring (bicyclic) bond motifs is 2. The van der Waals surface area contributed by atoms with Gasteiger partial charge in [-0.05, 0) is 35.9 Å². The van der Waals surface area contributed by atoms with Crippen molar-refractivity contribution >= 4 is 21.9 Å². The van der Waals surface area contributed by atoms with Gasteiger partial charge < -0.3 is 4.98 Å². The number of aromatic amines is 2. The van der Waals surface area contributed by atoms with Crippen LogP contribution in [0.5, 0.6) is 0 Å². The highest BCUT2D eigenvalue weighted by Gasteiger charge is 2.37. The molecule has 39 heavy (non-hydrogen) atoms. The van der Waals surface area contributed by atoms with Crippen LogP contribution in [0.4, 0.5) is 13.2 Å². The second-order valence-corrected chi connectivity index (χ2v) is 9.74. The van der Waals surface area contributed by atoms with Crippen LogP contribution in [0.15, 0.2) is 67.3 Å². The number of aromatic nitrogens is 7. The molecule has 0 atom stereocenters. The number of benzene rings is 1. The predicted octanol–water partition coefficient (Wildman–Crippen LogP) is 5.61. The molecule has 0 amide bonds. The van der Waals surface area contributed by atoms with Crippen LogP contribution in [0.1, 0.15) is 12.0 Å². The zero-order valence-corrected chi connectivity index (χ0v) is 20.5. The second kappa shape index (κ2) is 8.98. The van der Waals surface area contributed by atoms with Crippen molar-refractivity contribution in [3.05, 3.63) is 78.6 Å². The molecule has 5 aromatic heterocycles. The Morgan fingerprint density at radius 3 is 2.72 bits per heavy atom. The molecule has 194 valence electrons. The van der Waals surface area contributed by atoms with Gasteiger partial charge in [0, 0.05) is 54.6 Å². The van der Waals surface area contributed by atoms with E-state index >= 15 is 0 Å². The maximum absolute atomic E-state index is 13.9. The molecule has 11 heteroatoms. The fraction of sp³-hybridized carbons (Fsp3) is 0.179. The average Bonchev–Trinajstić information content (AvgIpc) is 3.64. The van der Waals surface area contributed by atoms with Gasteiger partial charge in [-0.1, -0.05) is 12.1 Å². The Kier molecular flexibility index (Phi) is 5.41. The van der Waals surface area contributed by atoms with Crippen LogP contribution in [-0.4, -0.2) is 59.0 Å². The van der Waals surface area contributed by atoms with E-state index in [4.69, 9.17) is 4.98 Å². The van der Waals surface area contributed by atoms with Crippen molar-refractivity contribution in [2.75, 3.05) is 13.1 Å². The van der Waals surface area contributed by atoms with Crippen molar-refractivity contribution in [2.45, 2.75) is 18.9 Å².